The van der Waals surface area contributed by atoms with Gasteiger partial charge in [0, 0.05) is 12.3 Å². The molecule has 0 aromatic carbocycles. The molecule has 2 aliphatic rings. The van der Waals surface area contributed by atoms with E-state index in [4.69, 9.17) is 10.2 Å². The first-order valence-electron chi connectivity index (χ1n) is 4.59. The van der Waals surface area contributed by atoms with E-state index in [-0.39, 0.29) is 6.04 Å². The van der Waals surface area contributed by atoms with Gasteiger partial charge in [-0.1, -0.05) is 0 Å². The molecule has 1 fully saturated rings. The third-order valence-electron chi connectivity index (χ3n) is 2.70. The summed E-state index contributed by atoms with van der Waals surface area (Å²) in [7, 11) is 0. The topological polar surface area (TPSA) is 52.0 Å². The number of nitrogens with two attached hydrogens (primary N) is 1. The van der Waals surface area contributed by atoms with E-state index in [1.165, 1.54) is 12.8 Å². The second-order valence-electron chi connectivity index (χ2n) is 3.78. The van der Waals surface area contributed by atoms with Crippen molar-refractivity contribution in [3.05, 3.63) is 17.3 Å². The van der Waals surface area contributed by atoms with Crippen molar-refractivity contribution >= 4 is 0 Å². The lowest BCUT2D eigenvalue weighted by molar-refractivity contribution is 0.456. The second kappa shape index (κ2) is 2.10. The van der Waals surface area contributed by atoms with E-state index in [0.717, 1.165) is 30.2 Å². The molecule has 1 heterocycles. The van der Waals surface area contributed by atoms with E-state index < -0.39 is 0 Å². The average Bonchev–Trinajstić information content (AvgIpc) is 2.73. The van der Waals surface area contributed by atoms with E-state index in [1.54, 1.807) is 0 Å². The Kier molecular flexibility index (Phi) is 1.17. The summed E-state index contributed by atoms with van der Waals surface area (Å²) in [5.41, 5.74) is 6.88. The molecule has 0 saturated heterocycles. The minimum Gasteiger partial charge on any atom is -0.445 e. The maximum atomic E-state index is 5.86. The van der Waals surface area contributed by atoms with Crippen molar-refractivity contribution in [1.29, 1.82) is 0 Å². The fraction of sp³-hybridized carbons (Fsp3) is 0.667. The zero-order valence-corrected chi connectivity index (χ0v) is 6.92. The molecule has 12 heavy (non-hydrogen) atoms. The number of aryl methyl sites for hydroxylation is 1. The van der Waals surface area contributed by atoms with Crippen molar-refractivity contribution < 1.29 is 4.42 Å². The Bertz CT molecular complexity index is 314. The van der Waals surface area contributed by atoms with Crippen LogP contribution in [0.15, 0.2) is 4.42 Å². The largest absolute Gasteiger partial charge is 0.445 e. The van der Waals surface area contributed by atoms with Crippen LogP contribution in [-0.4, -0.2) is 4.98 Å². The molecule has 1 unspecified atom stereocenters. The quantitative estimate of drug-likeness (QED) is 0.684. The van der Waals surface area contributed by atoms with Gasteiger partial charge in [0.15, 0.2) is 5.89 Å². The molecule has 64 valence electrons. The maximum absolute atomic E-state index is 5.86. The highest BCUT2D eigenvalue weighted by Crippen LogP contribution is 2.42. The summed E-state index contributed by atoms with van der Waals surface area (Å²) in [5, 5.41) is 0. The molecule has 0 radical (unpaired) electrons. The summed E-state index contributed by atoms with van der Waals surface area (Å²) in [4.78, 5) is 4.44. The molecule has 3 heteroatoms. The van der Waals surface area contributed by atoms with Crippen LogP contribution >= 0.6 is 0 Å². The van der Waals surface area contributed by atoms with E-state index in [1.807, 2.05) is 0 Å². The second-order valence-corrected chi connectivity index (χ2v) is 3.78. The minimum absolute atomic E-state index is 0.135. The van der Waals surface area contributed by atoms with Crippen molar-refractivity contribution in [3.63, 3.8) is 0 Å². The number of aromatic nitrogens is 1. The predicted molar refractivity (Wildman–Crippen MR) is 43.7 cm³/mol. The molecule has 2 aliphatic carbocycles. The summed E-state index contributed by atoms with van der Waals surface area (Å²) >= 11 is 0. The first-order chi connectivity index (χ1) is 5.84. The molecular weight excluding hydrogens is 152 g/mol. The molecule has 3 rings (SSSR count). The van der Waals surface area contributed by atoms with Gasteiger partial charge in [0.25, 0.3) is 0 Å². The van der Waals surface area contributed by atoms with Crippen molar-refractivity contribution in [2.75, 3.05) is 0 Å². The van der Waals surface area contributed by atoms with Crippen LogP contribution in [-0.2, 0) is 6.42 Å². The molecule has 1 atom stereocenters. The van der Waals surface area contributed by atoms with Crippen LogP contribution in [0.3, 0.4) is 0 Å². The molecule has 1 saturated carbocycles. The van der Waals surface area contributed by atoms with Crippen molar-refractivity contribution in [1.82, 2.24) is 4.98 Å². The highest BCUT2D eigenvalue weighted by Gasteiger charge is 2.33. The molecule has 0 bridgehead atoms. The zero-order valence-electron chi connectivity index (χ0n) is 6.92. The number of oxazole rings is 1. The summed E-state index contributed by atoms with van der Waals surface area (Å²) in [6.07, 6.45) is 4.48. The average molecular weight is 164 g/mol. The number of nitrogens with zero attached hydrogens (tertiary/aromatic N) is 1. The highest BCUT2D eigenvalue weighted by atomic mass is 16.4. The normalized spacial score (nSPS) is 27.6. The number of hydrogen-bond acceptors (Lipinski definition) is 3. The lowest BCUT2D eigenvalue weighted by atomic mass is 10.2. The number of fused-ring (bicyclic) bond motifs is 1. The summed E-state index contributed by atoms with van der Waals surface area (Å²) in [6, 6.07) is 0.135. The molecule has 3 nitrogen and oxygen atoms in total. The van der Waals surface area contributed by atoms with E-state index >= 15 is 0 Å². The maximum Gasteiger partial charge on any atom is 0.197 e. The molecule has 0 spiro atoms. The predicted octanol–water partition coefficient (Wildman–Crippen LogP) is 1.50. The van der Waals surface area contributed by atoms with Crippen molar-refractivity contribution in [2.24, 2.45) is 5.73 Å². The van der Waals surface area contributed by atoms with Gasteiger partial charge in [-0.25, -0.2) is 4.98 Å². The van der Waals surface area contributed by atoms with Gasteiger partial charge in [-0.2, -0.15) is 0 Å². The molecule has 1 aromatic rings. The van der Waals surface area contributed by atoms with Gasteiger partial charge in [-0.3, -0.25) is 0 Å². The number of hydrogen-bond donors (Lipinski definition) is 1. The highest BCUT2D eigenvalue weighted by molar-refractivity contribution is 5.22. The van der Waals surface area contributed by atoms with Gasteiger partial charge in [0.05, 0.1) is 11.7 Å². The van der Waals surface area contributed by atoms with Crippen LogP contribution in [0.5, 0.6) is 0 Å². The Morgan fingerprint density at radius 3 is 2.83 bits per heavy atom. The molecule has 1 aromatic heterocycles. The molecule has 2 N–H and O–H groups in total. The summed E-state index contributed by atoms with van der Waals surface area (Å²) < 4.78 is 5.63. The van der Waals surface area contributed by atoms with Crippen LogP contribution in [0.4, 0.5) is 0 Å². The fourth-order valence-corrected chi connectivity index (χ4v) is 1.78. The molecule has 0 amide bonds. The fourth-order valence-electron chi connectivity index (χ4n) is 1.78. The van der Waals surface area contributed by atoms with Crippen molar-refractivity contribution in [3.8, 4) is 0 Å². The van der Waals surface area contributed by atoms with Gasteiger partial charge in [0.2, 0.25) is 0 Å². The van der Waals surface area contributed by atoms with E-state index in [9.17, 15) is 0 Å². The Labute approximate surface area is 71.0 Å². The van der Waals surface area contributed by atoms with Crippen LogP contribution < -0.4 is 5.73 Å². The number of rotatable bonds is 1. The smallest absolute Gasteiger partial charge is 0.197 e. The Morgan fingerprint density at radius 1 is 1.33 bits per heavy atom. The monoisotopic (exact) mass is 164 g/mol. The first-order valence-corrected chi connectivity index (χ1v) is 4.59. The van der Waals surface area contributed by atoms with E-state index in [0.29, 0.717) is 5.92 Å². The van der Waals surface area contributed by atoms with Crippen LogP contribution in [0.1, 0.15) is 48.6 Å². The van der Waals surface area contributed by atoms with Gasteiger partial charge in [0.1, 0.15) is 5.76 Å². The zero-order chi connectivity index (χ0) is 8.13. The first kappa shape index (κ1) is 6.66. The van der Waals surface area contributed by atoms with Gasteiger partial charge < -0.3 is 10.2 Å². The standard InChI is InChI=1S/C9H12N2O/c10-6-3-4-7-8(6)11-9(12-7)5-1-2-5/h5-6H,1-4,10H2. The third kappa shape index (κ3) is 0.829. The molecular formula is C9H12N2O. The minimum atomic E-state index is 0.135. The van der Waals surface area contributed by atoms with Gasteiger partial charge in [-0.05, 0) is 19.3 Å². The molecule has 0 aliphatic heterocycles. The van der Waals surface area contributed by atoms with Gasteiger partial charge >= 0.3 is 0 Å². The summed E-state index contributed by atoms with van der Waals surface area (Å²) in [5.74, 6) is 2.60. The van der Waals surface area contributed by atoms with Gasteiger partial charge in [-0.15, -0.1) is 0 Å². The van der Waals surface area contributed by atoms with Crippen LogP contribution in [0.25, 0.3) is 0 Å². The van der Waals surface area contributed by atoms with Crippen LogP contribution in [0, 0.1) is 0 Å². The SMILES string of the molecule is NC1CCc2oc(C3CC3)nc21. The van der Waals surface area contributed by atoms with Crippen LogP contribution in [0.2, 0.25) is 0 Å². The summed E-state index contributed by atoms with van der Waals surface area (Å²) in [6.45, 7) is 0. The van der Waals surface area contributed by atoms with E-state index in [2.05, 4.69) is 4.98 Å². The lowest BCUT2D eigenvalue weighted by Crippen LogP contribution is -2.06. The van der Waals surface area contributed by atoms with Crippen molar-refractivity contribution in [2.45, 2.75) is 37.6 Å². The lowest BCUT2D eigenvalue weighted by Gasteiger charge is -1.96. The Morgan fingerprint density at radius 2 is 2.17 bits per heavy atom. The Hall–Kier alpha value is -0.830. The Balaban J connectivity index is 2.01. The third-order valence-corrected chi connectivity index (χ3v) is 2.70.